The Morgan fingerprint density at radius 3 is 2.50 bits per heavy atom. The van der Waals surface area contributed by atoms with Gasteiger partial charge in [-0.15, -0.1) is 0 Å². The molecule has 0 spiro atoms. The fraction of sp³-hybridized carbons (Fsp3) is 0.250. The quantitative estimate of drug-likeness (QED) is 0.867. The van der Waals surface area contributed by atoms with E-state index in [1.165, 1.54) is 16.7 Å². The van der Waals surface area contributed by atoms with Crippen molar-refractivity contribution < 1.29 is 4.74 Å². The fourth-order valence-corrected chi connectivity index (χ4v) is 1.98. The summed E-state index contributed by atoms with van der Waals surface area (Å²) in [5.74, 6) is 0.946. The van der Waals surface area contributed by atoms with Gasteiger partial charge in [-0.1, -0.05) is 48.0 Å². The molecule has 2 rings (SSSR count). The van der Waals surface area contributed by atoms with Crippen LogP contribution in [0, 0.1) is 6.92 Å². The molecule has 2 aromatic rings. The summed E-state index contributed by atoms with van der Waals surface area (Å²) in [6.45, 7) is 3.79. The Balaban J connectivity index is 1.96. The SMILES string of the molecule is COc1ccc(C)cc1CNCc1ccccc1. The first kappa shape index (κ1) is 12.7. The van der Waals surface area contributed by atoms with Crippen molar-refractivity contribution in [3.63, 3.8) is 0 Å². The lowest BCUT2D eigenvalue weighted by Crippen LogP contribution is -2.13. The average molecular weight is 241 g/mol. The summed E-state index contributed by atoms with van der Waals surface area (Å²) in [5, 5.41) is 3.44. The molecule has 0 aromatic heterocycles. The highest BCUT2D eigenvalue weighted by molar-refractivity contribution is 5.36. The van der Waals surface area contributed by atoms with Gasteiger partial charge in [0, 0.05) is 18.7 Å². The number of nitrogens with one attached hydrogen (secondary N) is 1. The Labute approximate surface area is 109 Å². The summed E-state index contributed by atoms with van der Waals surface area (Å²) in [7, 11) is 1.71. The molecule has 0 atom stereocenters. The van der Waals surface area contributed by atoms with E-state index >= 15 is 0 Å². The van der Waals surface area contributed by atoms with Crippen molar-refractivity contribution in [3.05, 3.63) is 65.2 Å². The third-order valence-electron chi connectivity index (χ3n) is 2.92. The molecule has 0 saturated carbocycles. The molecule has 0 aliphatic carbocycles. The first-order chi connectivity index (χ1) is 8.79. The van der Waals surface area contributed by atoms with Crippen LogP contribution in [0.15, 0.2) is 48.5 Å². The van der Waals surface area contributed by atoms with Crippen LogP contribution >= 0.6 is 0 Å². The maximum absolute atomic E-state index is 5.36. The van der Waals surface area contributed by atoms with Crippen LogP contribution in [0.5, 0.6) is 5.75 Å². The van der Waals surface area contributed by atoms with E-state index in [0.29, 0.717) is 0 Å². The maximum Gasteiger partial charge on any atom is 0.123 e. The minimum atomic E-state index is 0.819. The van der Waals surface area contributed by atoms with Crippen molar-refractivity contribution in [1.29, 1.82) is 0 Å². The van der Waals surface area contributed by atoms with Crippen molar-refractivity contribution in [1.82, 2.24) is 5.32 Å². The molecule has 0 radical (unpaired) electrons. The minimum absolute atomic E-state index is 0.819. The number of aryl methyl sites for hydroxylation is 1. The van der Waals surface area contributed by atoms with Crippen LogP contribution in [-0.4, -0.2) is 7.11 Å². The molecule has 0 bridgehead atoms. The second-order valence-corrected chi connectivity index (χ2v) is 4.40. The average Bonchev–Trinajstić information content (AvgIpc) is 2.40. The zero-order valence-corrected chi connectivity index (χ0v) is 10.9. The molecule has 94 valence electrons. The van der Waals surface area contributed by atoms with E-state index in [4.69, 9.17) is 4.74 Å². The lowest BCUT2D eigenvalue weighted by Gasteiger charge is -2.10. The molecule has 1 N–H and O–H groups in total. The lowest BCUT2D eigenvalue weighted by atomic mass is 10.1. The van der Waals surface area contributed by atoms with Crippen molar-refractivity contribution in [3.8, 4) is 5.75 Å². The number of ether oxygens (including phenoxy) is 1. The highest BCUT2D eigenvalue weighted by Gasteiger charge is 2.02. The molecule has 0 heterocycles. The van der Waals surface area contributed by atoms with Crippen LogP contribution in [-0.2, 0) is 13.1 Å². The van der Waals surface area contributed by atoms with Gasteiger partial charge in [-0.2, -0.15) is 0 Å². The van der Waals surface area contributed by atoms with Crippen molar-refractivity contribution in [2.45, 2.75) is 20.0 Å². The Hall–Kier alpha value is -1.80. The number of benzene rings is 2. The molecule has 0 unspecified atom stereocenters. The standard InChI is InChI=1S/C16H19NO/c1-13-8-9-16(18-2)15(10-13)12-17-11-14-6-4-3-5-7-14/h3-10,17H,11-12H2,1-2H3. The normalized spacial score (nSPS) is 10.3. The third-order valence-corrected chi connectivity index (χ3v) is 2.92. The van der Waals surface area contributed by atoms with Gasteiger partial charge in [0.25, 0.3) is 0 Å². The molecule has 2 nitrogen and oxygen atoms in total. The molecule has 2 aromatic carbocycles. The molecule has 18 heavy (non-hydrogen) atoms. The lowest BCUT2D eigenvalue weighted by molar-refractivity contribution is 0.407. The number of hydrogen-bond donors (Lipinski definition) is 1. The van der Waals surface area contributed by atoms with Gasteiger partial charge in [0.1, 0.15) is 5.75 Å². The molecule has 0 saturated heterocycles. The van der Waals surface area contributed by atoms with Gasteiger partial charge in [-0.05, 0) is 18.6 Å². The van der Waals surface area contributed by atoms with Crippen LogP contribution in [0.25, 0.3) is 0 Å². The van der Waals surface area contributed by atoms with Crippen LogP contribution in [0.3, 0.4) is 0 Å². The molecule has 0 aliphatic heterocycles. The molecule has 0 aliphatic rings. The highest BCUT2D eigenvalue weighted by atomic mass is 16.5. The van der Waals surface area contributed by atoms with E-state index in [1.54, 1.807) is 7.11 Å². The predicted octanol–water partition coefficient (Wildman–Crippen LogP) is 3.29. The van der Waals surface area contributed by atoms with Gasteiger partial charge in [0.15, 0.2) is 0 Å². The van der Waals surface area contributed by atoms with Crippen LogP contribution < -0.4 is 10.1 Å². The van der Waals surface area contributed by atoms with E-state index in [9.17, 15) is 0 Å². The summed E-state index contributed by atoms with van der Waals surface area (Å²) in [6, 6.07) is 16.7. The monoisotopic (exact) mass is 241 g/mol. The molecular formula is C16H19NO. The zero-order chi connectivity index (χ0) is 12.8. The third kappa shape index (κ3) is 3.34. The second kappa shape index (κ2) is 6.22. The van der Waals surface area contributed by atoms with Gasteiger partial charge in [0.05, 0.1) is 7.11 Å². The van der Waals surface area contributed by atoms with Gasteiger partial charge >= 0.3 is 0 Å². The molecule has 2 heteroatoms. The number of methoxy groups -OCH3 is 1. The van der Waals surface area contributed by atoms with Crippen LogP contribution in [0.4, 0.5) is 0 Å². The zero-order valence-electron chi connectivity index (χ0n) is 10.9. The maximum atomic E-state index is 5.36. The van der Waals surface area contributed by atoms with Gasteiger partial charge < -0.3 is 10.1 Å². The summed E-state index contributed by atoms with van der Waals surface area (Å²) >= 11 is 0. The smallest absolute Gasteiger partial charge is 0.123 e. The van der Waals surface area contributed by atoms with E-state index < -0.39 is 0 Å². The van der Waals surface area contributed by atoms with Crippen molar-refractivity contribution >= 4 is 0 Å². The van der Waals surface area contributed by atoms with E-state index in [1.807, 2.05) is 12.1 Å². The van der Waals surface area contributed by atoms with Gasteiger partial charge in [-0.25, -0.2) is 0 Å². The Morgan fingerprint density at radius 1 is 1.00 bits per heavy atom. The van der Waals surface area contributed by atoms with Crippen molar-refractivity contribution in [2.75, 3.05) is 7.11 Å². The summed E-state index contributed by atoms with van der Waals surface area (Å²) in [5.41, 5.74) is 3.75. The van der Waals surface area contributed by atoms with Crippen LogP contribution in [0.2, 0.25) is 0 Å². The Morgan fingerprint density at radius 2 is 1.78 bits per heavy atom. The van der Waals surface area contributed by atoms with Crippen molar-refractivity contribution in [2.24, 2.45) is 0 Å². The van der Waals surface area contributed by atoms with Crippen LogP contribution in [0.1, 0.15) is 16.7 Å². The minimum Gasteiger partial charge on any atom is -0.496 e. The number of hydrogen-bond acceptors (Lipinski definition) is 2. The fourth-order valence-electron chi connectivity index (χ4n) is 1.98. The largest absolute Gasteiger partial charge is 0.496 e. The first-order valence-corrected chi connectivity index (χ1v) is 6.18. The topological polar surface area (TPSA) is 21.3 Å². The Kier molecular flexibility index (Phi) is 4.37. The second-order valence-electron chi connectivity index (χ2n) is 4.40. The highest BCUT2D eigenvalue weighted by Crippen LogP contribution is 2.19. The first-order valence-electron chi connectivity index (χ1n) is 6.18. The van der Waals surface area contributed by atoms with E-state index in [-0.39, 0.29) is 0 Å². The van der Waals surface area contributed by atoms with E-state index in [2.05, 4.69) is 48.6 Å². The molecule has 0 fully saturated rings. The summed E-state index contributed by atoms with van der Waals surface area (Å²) in [4.78, 5) is 0. The van der Waals surface area contributed by atoms with E-state index in [0.717, 1.165) is 18.8 Å². The molecule has 0 amide bonds. The van der Waals surface area contributed by atoms with Gasteiger partial charge in [0.2, 0.25) is 0 Å². The number of rotatable bonds is 5. The summed E-state index contributed by atoms with van der Waals surface area (Å²) < 4.78 is 5.36. The van der Waals surface area contributed by atoms with Gasteiger partial charge in [-0.3, -0.25) is 0 Å². The Bertz CT molecular complexity index is 494. The summed E-state index contributed by atoms with van der Waals surface area (Å²) in [6.07, 6.45) is 0. The molecular weight excluding hydrogens is 222 g/mol. The predicted molar refractivity (Wildman–Crippen MR) is 74.7 cm³/mol.